The summed E-state index contributed by atoms with van der Waals surface area (Å²) in [6.45, 7) is 2.22. The number of carboxylic acid groups (broad SMARTS) is 1. The molecule has 3 N–H and O–H groups in total. The van der Waals surface area contributed by atoms with Crippen molar-refractivity contribution in [1.82, 2.24) is 0 Å². The van der Waals surface area contributed by atoms with E-state index >= 15 is 0 Å². The topological polar surface area (TPSA) is 87.0 Å². The molecular weight excluding hydrogens is 320 g/mol. The van der Waals surface area contributed by atoms with Crippen LogP contribution in [0.15, 0.2) is 12.2 Å². The van der Waals surface area contributed by atoms with Crippen LogP contribution < -0.4 is 0 Å². The minimum Gasteiger partial charge on any atom is -0.481 e. The van der Waals surface area contributed by atoms with Crippen LogP contribution in [0.3, 0.4) is 0 Å². The van der Waals surface area contributed by atoms with E-state index in [4.69, 9.17) is 10.4 Å². The van der Waals surface area contributed by atoms with Gasteiger partial charge in [-0.15, -0.1) is 0 Å². The van der Waals surface area contributed by atoms with Gasteiger partial charge in [-0.05, 0) is 50.4 Å². The van der Waals surface area contributed by atoms with Gasteiger partial charge in [-0.1, -0.05) is 51.2 Å². The first kappa shape index (κ1) is 22.1. The molecule has 1 saturated carbocycles. The molecule has 0 saturated heterocycles. The highest BCUT2D eigenvalue weighted by molar-refractivity contribution is 5.67. The summed E-state index contributed by atoms with van der Waals surface area (Å²) in [5.41, 5.74) is 0. The quantitative estimate of drug-likeness (QED) is 0.180. The van der Waals surface area contributed by atoms with Crippen molar-refractivity contribution < 1.29 is 25.2 Å². The van der Waals surface area contributed by atoms with Crippen molar-refractivity contribution in [2.24, 2.45) is 11.8 Å². The maximum absolute atomic E-state index is 10.6. The summed E-state index contributed by atoms with van der Waals surface area (Å²) in [4.78, 5) is 14.9. The van der Waals surface area contributed by atoms with Gasteiger partial charge in [-0.2, -0.15) is 0 Å². The lowest BCUT2D eigenvalue weighted by Crippen LogP contribution is -2.19. The fraction of sp³-hybridized carbons (Fsp3) is 0.850. The highest BCUT2D eigenvalue weighted by Gasteiger charge is 2.32. The maximum atomic E-state index is 10.6. The Morgan fingerprint density at radius 3 is 2.68 bits per heavy atom. The Bertz CT molecular complexity index is 382. The molecule has 1 rings (SSSR count). The summed E-state index contributed by atoms with van der Waals surface area (Å²) in [5.74, 6) is -0.195. The number of rotatable bonds is 14. The number of carbonyl (C=O) groups is 1. The maximum Gasteiger partial charge on any atom is 0.306 e. The number of unbranched alkanes of at least 4 members (excludes halogenated alkanes) is 5. The molecule has 0 aromatic carbocycles. The summed E-state index contributed by atoms with van der Waals surface area (Å²) >= 11 is 0. The number of hydrogen-bond acceptors (Lipinski definition) is 4. The molecule has 0 aromatic rings. The van der Waals surface area contributed by atoms with E-state index in [1.54, 1.807) is 0 Å². The SMILES string of the molecule is CCCCCCC=C[C@H]1CC[C@H](O)[C@@H]1CCCCC(CC(=O)O)OO. The Hall–Kier alpha value is -0.910. The van der Waals surface area contributed by atoms with E-state index in [-0.39, 0.29) is 12.5 Å². The minimum absolute atomic E-state index is 0.175. The van der Waals surface area contributed by atoms with Gasteiger partial charge < -0.3 is 10.2 Å². The molecule has 0 amide bonds. The van der Waals surface area contributed by atoms with Gasteiger partial charge >= 0.3 is 5.97 Å². The molecule has 0 radical (unpaired) electrons. The third-order valence-corrected chi connectivity index (χ3v) is 5.31. The zero-order valence-electron chi connectivity index (χ0n) is 15.6. The van der Waals surface area contributed by atoms with Crippen molar-refractivity contribution in [3.05, 3.63) is 12.2 Å². The van der Waals surface area contributed by atoms with Gasteiger partial charge in [0, 0.05) is 0 Å². The van der Waals surface area contributed by atoms with Gasteiger partial charge in [-0.3, -0.25) is 10.1 Å². The van der Waals surface area contributed by atoms with E-state index in [9.17, 15) is 9.90 Å². The molecule has 146 valence electrons. The van der Waals surface area contributed by atoms with E-state index in [0.29, 0.717) is 18.3 Å². The van der Waals surface area contributed by atoms with E-state index in [0.717, 1.165) is 38.5 Å². The number of aliphatic hydroxyl groups is 1. The Kier molecular flexibility index (Phi) is 11.8. The predicted molar refractivity (Wildman–Crippen MR) is 98.3 cm³/mol. The Morgan fingerprint density at radius 1 is 1.20 bits per heavy atom. The largest absolute Gasteiger partial charge is 0.481 e. The lowest BCUT2D eigenvalue weighted by Gasteiger charge is -2.20. The molecule has 1 fully saturated rings. The molecule has 1 unspecified atom stereocenters. The van der Waals surface area contributed by atoms with Crippen LogP contribution in [0.4, 0.5) is 0 Å². The van der Waals surface area contributed by atoms with Crippen molar-refractivity contribution in [2.45, 2.75) is 96.2 Å². The van der Waals surface area contributed by atoms with E-state index in [2.05, 4.69) is 24.0 Å². The first-order chi connectivity index (χ1) is 12.1. The van der Waals surface area contributed by atoms with Crippen LogP contribution in [0, 0.1) is 11.8 Å². The van der Waals surface area contributed by atoms with Crippen molar-refractivity contribution in [2.75, 3.05) is 0 Å². The standard InChI is InChI=1S/C20H36O5/c1-2-3-4-5-6-7-10-16-13-14-19(21)18(16)12-9-8-11-17(25-24)15-20(22)23/h7,10,16-19,21,24H,2-6,8-9,11-15H2,1H3,(H,22,23)/t16-,17?,18+,19-/m0/s1. The minimum atomic E-state index is -0.964. The molecule has 0 spiro atoms. The number of aliphatic hydroxyl groups excluding tert-OH is 1. The smallest absolute Gasteiger partial charge is 0.306 e. The highest BCUT2D eigenvalue weighted by atomic mass is 17.1. The van der Waals surface area contributed by atoms with Crippen LogP contribution in [-0.2, 0) is 9.68 Å². The summed E-state index contributed by atoms with van der Waals surface area (Å²) in [6, 6.07) is 0. The molecule has 0 bridgehead atoms. The molecule has 0 aromatic heterocycles. The van der Waals surface area contributed by atoms with Crippen molar-refractivity contribution in [3.8, 4) is 0 Å². The Labute approximate surface area is 152 Å². The first-order valence-corrected chi connectivity index (χ1v) is 9.95. The molecule has 4 atom stereocenters. The van der Waals surface area contributed by atoms with Crippen molar-refractivity contribution in [1.29, 1.82) is 0 Å². The molecule has 5 heteroatoms. The van der Waals surface area contributed by atoms with Crippen molar-refractivity contribution in [3.63, 3.8) is 0 Å². The van der Waals surface area contributed by atoms with Gasteiger partial charge in [0.1, 0.15) is 6.10 Å². The third kappa shape index (κ3) is 9.38. The lowest BCUT2D eigenvalue weighted by atomic mass is 9.88. The first-order valence-electron chi connectivity index (χ1n) is 9.95. The predicted octanol–water partition coefficient (Wildman–Crippen LogP) is 4.79. The molecule has 0 aliphatic heterocycles. The van der Waals surface area contributed by atoms with Gasteiger partial charge in [0.2, 0.25) is 0 Å². The van der Waals surface area contributed by atoms with Gasteiger partial charge in [0.25, 0.3) is 0 Å². The van der Waals surface area contributed by atoms with Crippen LogP contribution in [-0.4, -0.2) is 33.6 Å². The summed E-state index contributed by atoms with van der Waals surface area (Å²) < 4.78 is 0. The second-order valence-electron chi connectivity index (χ2n) is 7.36. The second-order valence-corrected chi connectivity index (χ2v) is 7.36. The molecule has 1 aliphatic rings. The fourth-order valence-electron chi connectivity index (χ4n) is 3.82. The fourth-order valence-corrected chi connectivity index (χ4v) is 3.82. The normalized spacial score (nSPS) is 24.8. The molecule has 25 heavy (non-hydrogen) atoms. The molecule has 5 nitrogen and oxygen atoms in total. The van der Waals surface area contributed by atoms with Crippen molar-refractivity contribution >= 4 is 5.97 Å². The second kappa shape index (κ2) is 13.3. The van der Waals surface area contributed by atoms with E-state index < -0.39 is 12.1 Å². The lowest BCUT2D eigenvalue weighted by molar-refractivity contribution is -0.280. The van der Waals surface area contributed by atoms with Crippen LogP contribution >= 0.6 is 0 Å². The number of aliphatic carboxylic acids is 1. The van der Waals surface area contributed by atoms with Crippen LogP contribution in [0.2, 0.25) is 0 Å². The summed E-state index contributed by atoms with van der Waals surface area (Å²) in [6.07, 6.45) is 14.9. The summed E-state index contributed by atoms with van der Waals surface area (Å²) in [5, 5.41) is 27.7. The highest BCUT2D eigenvalue weighted by Crippen LogP contribution is 2.37. The third-order valence-electron chi connectivity index (χ3n) is 5.31. The van der Waals surface area contributed by atoms with Gasteiger partial charge in [0.05, 0.1) is 12.5 Å². The van der Waals surface area contributed by atoms with E-state index in [1.165, 1.54) is 25.7 Å². The molecule has 0 heterocycles. The average molecular weight is 357 g/mol. The zero-order chi connectivity index (χ0) is 18.5. The Balaban J connectivity index is 2.27. The number of hydrogen-bond donors (Lipinski definition) is 3. The van der Waals surface area contributed by atoms with Crippen LogP contribution in [0.5, 0.6) is 0 Å². The monoisotopic (exact) mass is 356 g/mol. The zero-order valence-corrected chi connectivity index (χ0v) is 15.6. The van der Waals surface area contributed by atoms with E-state index in [1.807, 2.05) is 0 Å². The van der Waals surface area contributed by atoms with Gasteiger partial charge in [0.15, 0.2) is 0 Å². The van der Waals surface area contributed by atoms with Crippen LogP contribution in [0.25, 0.3) is 0 Å². The number of carboxylic acids is 1. The van der Waals surface area contributed by atoms with Crippen LogP contribution in [0.1, 0.15) is 84.0 Å². The van der Waals surface area contributed by atoms with Gasteiger partial charge in [-0.25, -0.2) is 4.89 Å². The summed E-state index contributed by atoms with van der Waals surface area (Å²) in [7, 11) is 0. The average Bonchev–Trinajstić information content (AvgIpc) is 2.93. The number of allylic oxidation sites excluding steroid dienone is 2. The Morgan fingerprint density at radius 2 is 2.00 bits per heavy atom. The molecular formula is C20H36O5. The molecule has 1 aliphatic carbocycles.